The van der Waals surface area contributed by atoms with E-state index in [1.165, 1.54) is 0 Å². The predicted octanol–water partition coefficient (Wildman–Crippen LogP) is 2.91. The maximum absolute atomic E-state index is 12.0. The van der Waals surface area contributed by atoms with E-state index in [9.17, 15) is 9.90 Å². The van der Waals surface area contributed by atoms with E-state index in [4.69, 9.17) is 9.47 Å². The van der Waals surface area contributed by atoms with E-state index in [1.54, 1.807) is 32.4 Å². The number of urea groups is 1. The fourth-order valence-corrected chi connectivity index (χ4v) is 2.90. The van der Waals surface area contributed by atoms with Gasteiger partial charge in [0.2, 0.25) is 0 Å². The van der Waals surface area contributed by atoms with Crippen molar-refractivity contribution in [1.82, 2.24) is 5.32 Å². The molecular formula is C17H26N2O4. The first-order chi connectivity index (χ1) is 11.1. The van der Waals surface area contributed by atoms with Gasteiger partial charge in [0, 0.05) is 18.3 Å². The molecule has 0 radical (unpaired) electrons. The second-order valence-electron chi connectivity index (χ2n) is 6.02. The van der Waals surface area contributed by atoms with Crippen LogP contribution in [0.4, 0.5) is 10.5 Å². The SMILES string of the molecule is COc1ccc(NC(=O)NCC2(O)CCCCCC2)cc1OC. The van der Waals surface area contributed by atoms with E-state index >= 15 is 0 Å². The number of rotatable bonds is 5. The minimum Gasteiger partial charge on any atom is -0.493 e. The molecule has 0 saturated heterocycles. The Morgan fingerprint density at radius 1 is 1.13 bits per heavy atom. The Morgan fingerprint density at radius 2 is 1.78 bits per heavy atom. The summed E-state index contributed by atoms with van der Waals surface area (Å²) in [5, 5.41) is 16.0. The molecule has 1 aliphatic rings. The number of carbonyl (C=O) groups is 1. The topological polar surface area (TPSA) is 79.8 Å². The van der Waals surface area contributed by atoms with Crippen molar-refractivity contribution in [2.75, 3.05) is 26.1 Å². The van der Waals surface area contributed by atoms with E-state index in [0.717, 1.165) is 38.5 Å². The van der Waals surface area contributed by atoms with Gasteiger partial charge >= 0.3 is 6.03 Å². The summed E-state index contributed by atoms with van der Waals surface area (Å²) in [5.74, 6) is 1.15. The van der Waals surface area contributed by atoms with Crippen molar-refractivity contribution in [3.8, 4) is 11.5 Å². The van der Waals surface area contributed by atoms with Gasteiger partial charge in [-0.05, 0) is 25.0 Å². The van der Waals surface area contributed by atoms with Gasteiger partial charge in [0.15, 0.2) is 11.5 Å². The first kappa shape index (κ1) is 17.4. The Kier molecular flexibility index (Phi) is 6.10. The van der Waals surface area contributed by atoms with Gasteiger partial charge in [-0.1, -0.05) is 25.7 Å². The lowest BCUT2D eigenvalue weighted by molar-refractivity contribution is 0.0281. The van der Waals surface area contributed by atoms with Gasteiger partial charge in [-0.2, -0.15) is 0 Å². The zero-order chi connectivity index (χ0) is 16.7. The number of amides is 2. The van der Waals surface area contributed by atoms with Crippen LogP contribution < -0.4 is 20.1 Å². The minimum atomic E-state index is -0.786. The van der Waals surface area contributed by atoms with Crippen LogP contribution in [-0.4, -0.2) is 37.5 Å². The maximum Gasteiger partial charge on any atom is 0.319 e. The Morgan fingerprint density at radius 3 is 2.39 bits per heavy atom. The van der Waals surface area contributed by atoms with E-state index < -0.39 is 5.60 Å². The van der Waals surface area contributed by atoms with Crippen molar-refractivity contribution in [3.63, 3.8) is 0 Å². The number of benzene rings is 1. The molecule has 6 nitrogen and oxygen atoms in total. The van der Waals surface area contributed by atoms with Gasteiger partial charge in [0.1, 0.15) is 0 Å². The molecule has 128 valence electrons. The summed E-state index contributed by atoms with van der Waals surface area (Å²) < 4.78 is 10.4. The second kappa shape index (κ2) is 8.06. The van der Waals surface area contributed by atoms with Crippen molar-refractivity contribution in [3.05, 3.63) is 18.2 Å². The van der Waals surface area contributed by atoms with Gasteiger partial charge in [-0.3, -0.25) is 0 Å². The quantitative estimate of drug-likeness (QED) is 0.728. The molecule has 23 heavy (non-hydrogen) atoms. The molecule has 2 rings (SSSR count). The fraction of sp³-hybridized carbons (Fsp3) is 0.588. The third-order valence-electron chi connectivity index (χ3n) is 4.25. The summed E-state index contributed by atoms with van der Waals surface area (Å²) in [5.41, 5.74) is -0.182. The van der Waals surface area contributed by atoms with Gasteiger partial charge < -0.3 is 25.2 Å². The molecule has 0 atom stereocenters. The average molecular weight is 322 g/mol. The highest BCUT2D eigenvalue weighted by Crippen LogP contribution is 2.30. The number of methoxy groups -OCH3 is 2. The Balaban J connectivity index is 1.89. The molecule has 1 fully saturated rings. The molecule has 1 aliphatic carbocycles. The number of carbonyl (C=O) groups excluding carboxylic acids is 1. The summed E-state index contributed by atoms with van der Waals surface area (Å²) in [7, 11) is 3.11. The summed E-state index contributed by atoms with van der Waals surface area (Å²) in [4.78, 5) is 12.0. The van der Waals surface area contributed by atoms with Gasteiger partial charge in [0.05, 0.1) is 19.8 Å². The van der Waals surface area contributed by atoms with E-state index in [-0.39, 0.29) is 12.6 Å². The zero-order valence-corrected chi connectivity index (χ0v) is 13.9. The number of hydrogen-bond donors (Lipinski definition) is 3. The number of nitrogens with one attached hydrogen (secondary N) is 2. The predicted molar refractivity (Wildman–Crippen MR) is 89.2 cm³/mol. The summed E-state index contributed by atoms with van der Waals surface area (Å²) in [6.45, 7) is 0.270. The Labute approximate surface area is 137 Å². The van der Waals surface area contributed by atoms with Crippen molar-refractivity contribution < 1.29 is 19.4 Å². The number of anilines is 1. The molecule has 1 aromatic rings. The van der Waals surface area contributed by atoms with Crippen LogP contribution in [0.3, 0.4) is 0 Å². The van der Waals surface area contributed by atoms with E-state index in [1.807, 2.05) is 0 Å². The Bertz CT molecular complexity index is 525. The van der Waals surface area contributed by atoms with E-state index in [2.05, 4.69) is 10.6 Å². The molecule has 0 heterocycles. The molecule has 0 unspecified atom stereocenters. The highest BCUT2D eigenvalue weighted by atomic mass is 16.5. The zero-order valence-electron chi connectivity index (χ0n) is 13.9. The van der Waals surface area contributed by atoms with Crippen LogP contribution in [-0.2, 0) is 0 Å². The lowest BCUT2D eigenvalue weighted by Crippen LogP contribution is -2.44. The normalized spacial score (nSPS) is 17.0. The molecule has 1 aromatic carbocycles. The van der Waals surface area contributed by atoms with Crippen molar-refractivity contribution in [1.29, 1.82) is 0 Å². The molecule has 3 N–H and O–H groups in total. The molecule has 2 amide bonds. The van der Waals surface area contributed by atoms with Crippen LogP contribution in [0.2, 0.25) is 0 Å². The van der Waals surface area contributed by atoms with Gasteiger partial charge in [0.25, 0.3) is 0 Å². The van der Waals surface area contributed by atoms with Gasteiger partial charge in [-0.15, -0.1) is 0 Å². The summed E-state index contributed by atoms with van der Waals surface area (Å²) >= 11 is 0. The molecule has 0 bridgehead atoms. The van der Waals surface area contributed by atoms with Crippen LogP contribution in [0, 0.1) is 0 Å². The Hall–Kier alpha value is -1.95. The lowest BCUT2D eigenvalue weighted by Gasteiger charge is -2.26. The fourth-order valence-electron chi connectivity index (χ4n) is 2.90. The first-order valence-corrected chi connectivity index (χ1v) is 8.05. The largest absolute Gasteiger partial charge is 0.493 e. The molecule has 6 heteroatoms. The number of hydrogen-bond acceptors (Lipinski definition) is 4. The second-order valence-corrected chi connectivity index (χ2v) is 6.02. The molecule has 0 aromatic heterocycles. The average Bonchev–Trinajstić information content (AvgIpc) is 2.78. The van der Waals surface area contributed by atoms with Crippen molar-refractivity contribution in [2.45, 2.75) is 44.1 Å². The van der Waals surface area contributed by atoms with Crippen LogP contribution in [0.25, 0.3) is 0 Å². The highest BCUT2D eigenvalue weighted by molar-refractivity contribution is 5.89. The smallest absolute Gasteiger partial charge is 0.319 e. The third kappa shape index (κ3) is 5.03. The number of ether oxygens (including phenoxy) is 2. The monoisotopic (exact) mass is 322 g/mol. The van der Waals surface area contributed by atoms with Crippen LogP contribution >= 0.6 is 0 Å². The molecule has 1 saturated carbocycles. The van der Waals surface area contributed by atoms with Crippen LogP contribution in [0.1, 0.15) is 38.5 Å². The molecule has 0 aliphatic heterocycles. The minimum absolute atomic E-state index is 0.270. The van der Waals surface area contributed by atoms with Crippen molar-refractivity contribution in [2.24, 2.45) is 0 Å². The standard InChI is InChI=1S/C17H26N2O4/c1-22-14-8-7-13(11-15(14)23-2)19-16(20)18-12-17(21)9-5-3-4-6-10-17/h7-8,11,21H,3-6,9-10,12H2,1-2H3,(H2,18,19,20). The van der Waals surface area contributed by atoms with Crippen LogP contribution in [0.5, 0.6) is 11.5 Å². The highest BCUT2D eigenvalue weighted by Gasteiger charge is 2.28. The summed E-state index contributed by atoms with van der Waals surface area (Å²) in [6, 6.07) is 4.82. The first-order valence-electron chi connectivity index (χ1n) is 8.05. The summed E-state index contributed by atoms with van der Waals surface area (Å²) in [6.07, 6.45) is 5.80. The third-order valence-corrected chi connectivity index (χ3v) is 4.25. The maximum atomic E-state index is 12.0. The molecule has 0 spiro atoms. The molecular weight excluding hydrogens is 296 g/mol. The lowest BCUT2D eigenvalue weighted by atomic mass is 9.95. The number of aliphatic hydroxyl groups is 1. The van der Waals surface area contributed by atoms with Crippen molar-refractivity contribution >= 4 is 11.7 Å². The van der Waals surface area contributed by atoms with Gasteiger partial charge in [-0.25, -0.2) is 4.79 Å². The van der Waals surface area contributed by atoms with E-state index in [0.29, 0.717) is 17.2 Å². The van der Waals surface area contributed by atoms with Crippen LogP contribution in [0.15, 0.2) is 18.2 Å².